The summed E-state index contributed by atoms with van der Waals surface area (Å²) in [6.45, 7) is 4.00. The van der Waals surface area contributed by atoms with Gasteiger partial charge in [0.15, 0.2) is 4.96 Å². The standard InChI is InChI=1S/C23H15F3N2O3S/c1-12-9-17-18(10-13(12)2)28-21(29)20(32-22(28)27-17)11-16-7-8-19(30-16)14-3-5-15(6-4-14)31-23(24,25)26/h3-11H,1-2H3/b20-11-. The van der Waals surface area contributed by atoms with E-state index >= 15 is 0 Å². The van der Waals surface area contributed by atoms with Crippen LogP contribution in [0.25, 0.3) is 33.4 Å². The minimum Gasteiger partial charge on any atom is -0.457 e. The quantitative estimate of drug-likeness (QED) is 0.373. The van der Waals surface area contributed by atoms with Crippen LogP contribution in [0.2, 0.25) is 0 Å². The summed E-state index contributed by atoms with van der Waals surface area (Å²) in [6.07, 6.45) is -3.10. The van der Waals surface area contributed by atoms with Crippen LogP contribution in [0.1, 0.15) is 16.9 Å². The highest BCUT2D eigenvalue weighted by Crippen LogP contribution is 2.28. The Labute approximate surface area is 183 Å². The maximum Gasteiger partial charge on any atom is 0.573 e. The molecule has 32 heavy (non-hydrogen) atoms. The zero-order valence-electron chi connectivity index (χ0n) is 16.9. The van der Waals surface area contributed by atoms with E-state index in [1.165, 1.54) is 35.6 Å². The van der Waals surface area contributed by atoms with Crippen molar-refractivity contribution >= 4 is 33.4 Å². The molecule has 0 saturated carbocycles. The number of ether oxygens (including phenoxy) is 1. The summed E-state index contributed by atoms with van der Waals surface area (Å²) in [5, 5.41) is 0. The molecule has 3 heterocycles. The van der Waals surface area contributed by atoms with E-state index in [0.717, 1.165) is 22.2 Å². The predicted octanol–water partition coefficient (Wildman–Crippen LogP) is 5.23. The SMILES string of the molecule is Cc1cc2nc3s/c(=C\c4ccc(-c5ccc(OC(F)(F)F)cc5)o4)c(=O)n3c2cc1C. The number of hydrogen-bond acceptors (Lipinski definition) is 5. The number of alkyl halides is 3. The third-order valence-electron chi connectivity index (χ3n) is 5.13. The van der Waals surface area contributed by atoms with Crippen LogP contribution in [0.5, 0.6) is 5.75 Å². The number of nitrogens with zero attached hydrogens (tertiary/aromatic N) is 2. The summed E-state index contributed by atoms with van der Waals surface area (Å²) in [5.74, 6) is 0.601. The number of halogens is 3. The molecule has 0 aliphatic rings. The summed E-state index contributed by atoms with van der Waals surface area (Å²) >= 11 is 1.27. The van der Waals surface area contributed by atoms with Gasteiger partial charge in [0.2, 0.25) is 0 Å². The average Bonchev–Trinajstić information content (AvgIpc) is 3.39. The van der Waals surface area contributed by atoms with E-state index in [0.29, 0.717) is 26.6 Å². The number of benzene rings is 2. The van der Waals surface area contributed by atoms with Gasteiger partial charge in [-0.05, 0) is 73.5 Å². The molecular weight excluding hydrogens is 441 g/mol. The van der Waals surface area contributed by atoms with Crippen molar-refractivity contribution in [2.75, 3.05) is 0 Å². The second kappa shape index (κ2) is 7.23. The Bertz CT molecular complexity index is 1580. The van der Waals surface area contributed by atoms with Crippen LogP contribution in [0, 0.1) is 13.8 Å². The molecule has 0 amide bonds. The van der Waals surface area contributed by atoms with Gasteiger partial charge < -0.3 is 9.15 Å². The van der Waals surface area contributed by atoms with E-state index in [1.807, 2.05) is 26.0 Å². The van der Waals surface area contributed by atoms with E-state index in [9.17, 15) is 18.0 Å². The first-order chi connectivity index (χ1) is 15.2. The zero-order valence-corrected chi connectivity index (χ0v) is 17.7. The van der Waals surface area contributed by atoms with E-state index in [-0.39, 0.29) is 11.3 Å². The molecule has 5 rings (SSSR count). The summed E-state index contributed by atoms with van der Waals surface area (Å²) in [7, 11) is 0. The lowest BCUT2D eigenvalue weighted by Crippen LogP contribution is -2.22. The molecule has 2 aromatic carbocycles. The highest BCUT2D eigenvalue weighted by molar-refractivity contribution is 7.15. The number of imidazole rings is 1. The van der Waals surface area contributed by atoms with Crippen LogP contribution in [0.15, 0.2) is 57.7 Å². The fourth-order valence-corrected chi connectivity index (χ4v) is 4.42. The molecular formula is C23H15F3N2O3S. The second-order valence-corrected chi connectivity index (χ2v) is 8.35. The summed E-state index contributed by atoms with van der Waals surface area (Å²) in [5.41, 5.74) is 4.15. The summed E-state index contributed by atoms with van der Waals surface area (Å²) in [6, 6.07) is 12.7. The molecule has 9 heteroatoms. The van der Waals surface area contributed by atoms with Crippen molar-refractivity contribution in [1.29, 1.82) is 0 Å². The van der Waals surface area contributed by atoms with Crippen molar-refractivity contribution in [3.05, 3.63) is 80.3 Å². The smallest absolute Gasteiger partial charge is 0.457 e. The van der Waals surface area contributed by atoms with Crippen LogP contribution in [-0.4, -0.2) is 15.7 Å². The maximum absolute atomic E-state index is 13.0. The highest BCUT2D eigenvalue weighted by Gasteiger charge is 2.31. The Morgan fingerprint density at radius 2 is 1.78 bits per heavy atom. The van der Waals surface area contributed by atoms with Gasteiger partial charge in [0.25, 0.3) is 5.56 Å². The Morgan fingerprint density at radius 3 is 2.50 bits per heavy atom. The first-order valence-corrected chi connectivity index (χ1v) is 10.4. The molecule has 5 nitrogen and oxygen atoms in total. The normalized spacial score (nSPS) is 12.8. The summed E-state index contributed by atoms with van der Waals surface area (Å²) in [4.78, 5) is 18.2. The van der Waals surface area contributed by atoms with Crippen molar-refractivity contribution in [3.63, 3.8) is 0 Å². The van der Waals surface area contributed by atoms with Crippen molar-refractivity contribution in [3.8, 4) is 17.1 Å². The third-order valence-corrected chi connectivity index (χ3v) is 6.10. The zero-order chi connectivity index (χ0) is 22.6. The van der Waals surface area contributed by atoms with Crippen LogP contribution >= 0.6 is 11.3 Å². The minimum atomic E-state index is -4.74. The first-order valence-electron chi connectivity index (χ1n) is 9.58. The lowest BCUT2D eigenvalue weighted by atomic mass is 10.1. The maximum atomic E-state index is 13.0. The Morgan fingerprint density at radius 1 is 1.06 bits per heavy atom. The van der Waals surface area contributed by atoms with Gasteiger partial charge in [-0.15, -0.1) is 13.2 Å². The highest BCUT2D eigenvalue weighted by atomic mass is 32.1. The van der Waals surface area contributed by atoms with Gasteiger partial charge in [-0.3, -0.25) is 4.79 Å². The number of rotatable bonds is 3. The van der Waals surface area contributed by atoms with Crippen LogP contribution in [0.4, 0.5) is 13.2 Å². The monoisotopic (exact) mass is 456 g/mol. The van der Waals surface area contributed by atoms with Crippen molar-refractivity contribution < 1.29 is 22.3 Å². The fourth-order valence-electron chi connectivity index (χ4n) is 3.45. The van der Waals surface area contributed by atoms with Crippen molar-refractivity contribution in [2.24, 2.45) is 0 Å². The van der Waals surface area contributed by atoms with Crippen LogP contribution < -0.4 is 14.8 Å². The van der Waals surface area contributed by atoms with Crippen LogP contribution in [0.3, 0.4) is 0 Å². The number of fused-ring (bicyclic) bond motifs is 3. The molecule has 0 fully saturated rings. The van der Waals surface area contributed by atoms with Gasteiger partial charge in [-0.2, -0.15) is 0 Å². The molecule has 0 spiro atoms. The Kier molecular flexibility index (Phi) is 4.59. The van der Waals surface area contributed by atoms with Gasteiger partial charge in [0, 0.05) is 11.6 Å². The molecule has 162 valence electrons. The molecule has 0 atom stereocenters. The average molecular weight is 456 g/mol. The molecule has 0 saturated heterocycles. The lowest BCUT2D eigenvalue weighted by Gasteiger charge is -2.08. The molecule has 0 unspecified atom stereocenters. The lowest BCUT2D eigenvalue weighted by molar-refractivity contribution is -0.274. The summed E-state index contributed by atoms with van der Waals surface area (Å²) < 4.78 is 48.7. The van der Waals surface area contributed by atoms with E-state index in [4.69, 9.17) is 4.42 Å². The Hall–Kier alpha value is -3.59. The fraction of sp³-hybridized carbons (Fsp3) is 0.130. The van der Waals surface area contributed by atoms with E-state index in [1.54, 1.807) is 22.6 Å². The van der Waals surface area contributed by atoms with Crippen molar-refractivity contribution in [1.82, 2.24) is 9.38 Å². The van der Waals surface area contributed by atoms with Crippen LogP contribution in [-0.2, 0) is 0 Å². The predicted molar refractivity (Wildman–Crippen MR) is 116 cm³/mol. The molecule has 0 aliphatic heterocycles. The van der Waals surface area contributed by atoms with Gasteiger partial charge in [0.1, 0.15) is 21.8 Å². The first kappa shape index (κ1) is 20.3. The van der Waals surface area contributed by atoms with Crippen molar-refractivity contribution in [2.45, 2.75) is 20.2 Å². The topological polar surface area (TPSA) is 56.7 Å². The molecule has 5 aromatic rings. The van der Waals surface area contributed by atoms with Gasteiger partial charge >= 0.3 is 6.36 Å². The minimum absolute atomic E-state index is 0.178. The number of aryl methyl sites for hydroxylation is 2. The molecule has 0 N–H and O–H groups in total. The van der Waals surface area contributed by atoms with Gasteiger partial charge in [-0.25, -0.2) is 9.38 Å². The molecule has 0 bridgehead atoms. The molecule has 0 radical (unpaired) electrons. The van der Waals surface area contributed by atoms with E-state index in [2.05, 4.69) is 9.72 Å². The van der Waals surface area contributed by atoms with Gasteiger partial charge in [-0.1, -0.05) is 11.3 Å². The number of thiazole rings is 1. The Balaban J connectivity index is 1.49. The number of furan rings is 1. The molecule has 3 aromatic heterocycles. The van der Waals surface area contributed by atoms with E-state index < -0.39 is 6.36 Å². The third kappa shape index (κ3) is 3.64. The number of aromatic nitrogens is 2. The number of hydrogen-bond donors (Lipinski definition) is 0. The second-order valence-electron chi connectivity index (χ2n) is 7.34. The molecule has 0 aliphatic carbocycles. The van der Waals surface area contributed by atoms with Gasteiger partial charge in [0.05, 0.1) is 11.0 Å². The largest absolute Gasteiger partial charge is 0.573 e.